The third-order valence-electron chi connectivity index (χ3n) is 5.64. The van der Waals surface area contributed by atoms with Crippen molar-refractivity contribution in [1.29, 1.82) is 0 Å². The van der Waals surface area contributed by atoms with Crippen molar-refractivity contribution >= 4 is 23.3 Å². The lowest BCUT2D eigenvalue weighted by atomic mass is 10.0. The third kappa shape index (κ3) is 3.63. The monoisotopic (exact) mass is 398 g/mol. The smallest absolute Gasteiger partial charge is 0.325 e. The number of rotatable bonds is 6. The molecule has 2 aromatic heterocycles. The number of aromatic nitrogens is 2. The van der Waals surface area contributed by atoms with Crippen molar-refractivity contribution in [3.8, 4) is 0 Å². The van der Waals surface area contributed by atoms with Crippen molar-refractivity contribution in [1.82, 2.24) is 19.8 Å². The normalized spacial score (nSPS) is 22.5. The molecule has 2 aliphatic rings. The molecule has 0 aromatic carbocycles. The Hall–Kier alpha value is -2.41. The first-order valence-electron chi connectivity index (χ1n) is 9.99. The summed E-state index contributed by atoms with van der Waals surface area (Å²) >= 11 is 5.62. The van der Waals surface area contributed by atoms with Gasteiger partial charge in [0.2, 0.25) is 0 Å². The van der Waals surface area contributed by atoms with E-state index in [2.05, 4.69) is 33.2 Å². The van der Waals surface area contributed by atoms with Gasteiger partial charge in [-0.3, -0.25) is 9.78 Å². The van der Waals surface area contributed by atoms with Crippen LogP contribution in [-0.4, -0.2) is 38.7 Å². The van der Waals surface area contributed by atoms with Crippen LogP contribution in [0.25, 0.3) is 0 Å². The fraction of sp³-hybridized carbons (Fsp3) is 0.476. The van der Waals surface area contributed by atoms with E-state index in [1.165, 1.54) is 31.4 Å². The third-order valence-corrected chi connectivity index (χ3v) is 5.99. The van der Waals surface area contributed by atoms with Crippen LogP contribution in [0.2, 0.25) is 0 Å². The molecule has 3 heterocycles. The van der Waals surface area contributed by atoms with Gasteiger partial charge in [-0.2, -0.15) is 0 Å². The van der Waals surface area contributed by atoms with Gasteiger partial charge in [-0.25, -0.2) is 0 Å². The summed E-state index contributed by atoms with van der Waals surface area (Å²) in [6, 6.07) is 10.4. The maximum atomic E-state index is 12.3. The molecule has 0 unspecified atom stereocenters. The van der Waals surface area contributed by atoms with E-state index < -0.39 is 0 Å². The molecule has 1 N–H and O–H groups in total. The number of hydrogen-bond donors (Lipinski definition) is 1. The Labute approximate surface area is 170 Å². The van der Waals surface area contributed by atoms with Gasteiger partial charge >= 0.3 is 5.97 Å². The molecule has 4 rings (SSSR count). The van der Waals surface area contributed by atoms with Gasteiger partial charge in [-0.15, -0.1) is 0 Å². The number of carbonyl (C=O) groups excluding carboxylic acids is 1. The SMILES string of the molecule is CCOC(=O)CN1C(=S)N[C@@H](c2ccccn2)[C@@H]1c1cccn1C1CCCC1. The van der Waals surface area contributed by atoms with Crippen molar-refractivity contribution in [2.45, 2.75) is 50.7 Å². The maximum absolute atomic E-state index is 12.3. The van der Waals surface area contributed by atoms with Crippen molar-refractivity contribution in [3.05, 3.63) is 54.1 Å². The highest BCUT2D eigenvalue weighted by Gasteiger charge is 2.42. The van der Waals surface area contributed by atoms with Crippen LogP contribution in [0, 0.1) is 0 Å². The Morgan fingerprint density at radius 2 is 2.11 bits per heavy atom. The van der Waals surface area contributed by atoms with E-state index in [9.17, 15) is 4.79 Å². The van der Waals surface area contributed by atoms with Crippen molar-refractivity contribution in [2.24, 2.45) is 0 Å². The highest BCUT2D eigenvalue weighted by molar-refractivity contribution is 7.80. The van der Waals surface area contributed by atoms with Crippen LogP contribution >= 0.6 is 12.2 Å². The Morgan fingerprint density at radius 1 is 1.29 bits per heavy atom. The summed E-state index contributed by atoms with van der Waals surface area (Å²) in [5.41, 5.74) is 2.08. The lowest BCUT2D eigenvalue weighted by Gasteiger charge is -2.29. The molecule has 2 atom stereocenters. The Balaban J connectivity index is 1.72. The van der Waals surface area contributed by atoms with Crippen molar-refractivity contribution < 1.29 is 9.53 Å². The number of nitrogens with zero attached hydrogens (tertiary/aromatic N) is 3. The Kier molecular flexibility index (Phi) is 5.62. The number of ether oxygens (including phenoxy) is 1. The first kappa shape index (κ1) is 18.9. The molecule has 7 heteroatoms. The maximum Gasteiger partial charge on any atom is 0.325 e. The fourth-order valence-corrected chi connectivity index (χ4v) is 4.72. The molecule has 1 saturated heterocycles. The molecule has 0 radical (unpaired) electrons. The minimum Gasteiger partial charge on any atom is -0.465 e. The van der Waals surface area contributed by atoms with E-state index in [4.69, 9.17) is 17.0 Å². The Bertz CT molecular complexity index is 832. The second kappa shape index (κ2) is 8.31. The summed E-state index contributed by atoms with van der Waals surface area (Å²) < 4.78 is 7.57. The molecule has 2 aromatic rings. The average Bonchev–Trinajstić information content (AvgIpc) is 3.43. The zero-order valence-corrected chi connectivity index (χ0v) is 16.9. The molecular weight excluding hydrogens is 372 g/mol. The topological polar surface area (TPSA) is 59.4 Å². The van der Waals surface area contributed by atoms with E-state index >= 15 is 0 Å². The van der Waals surface area contributed by atoms with E-state index in [1.54, 1.807) is 6.20 Å². The van der Waals surface area contributed by atoms with Crippen LogP contribution in [0.1, 0.15) is 62.1 Å². The van der Waals surface area contributed by atoms with Crippen molar-refractivity contribution in [2.75, 3.05) is 13.2 Å². The molecule has 1 aliphatic heterocycles. The Morgan fingerprint density at radius 3 is 2.82 bits per heavy atom. The fourth-order valence-electron chi connectivity index (χ4n) is 4.42. The number of nitrogens with one attached hydrogen (secondary N) is 1. The molecule has 0 spiro atoms. The summed E-state index contributed by atoms with van der Waals surface area (Å²) in [5.74, 6) is -0.266. The number of hydrogen-bond acceptors (Lipinski definition) is 4. The highest BCUT2D eigenvalue weighted by atomic mass is 32.1. The lowest BCUT2D eigenvalue weighted by molar-refractivity contribution is -0.143. The van der Waals surface area contributed by atoms with Gasteiger partial charge < -0.3 is 19.5 Å². The summed E-state index contributed by atoms with van der Waals surface area (Å²) in [4.78, 5) is 18.8. The van der Waals surface area contributed by atoms with Gasteiger partial charge in [0.1, 0.15) is 6.54 Å². The molecule has 28 heavy (non-hydrogen) atoms. The second-order valence-corrected chi connectivity index (χ2v) is 7.72. The molecule has 1 aliphatic carbocycles. The van der Waals surface area contributed by atoms with Gasteiger partial charge in [0, 0.05) is 24.1 Å². The quantitative estimate of drug-likeness (QED) is 0.593. The largest absolute Gasteiger partial charge is 0.465 e. The average molecular weight is 399 g/mol. The number of thiocarbonyl (C=S) groups is 1. The molecular formula is C21H26N4O2S. The molecule has 2 fully saturated rings. The molecule has 148 valence electrons. The number of pyridine rings is 1. The van der Waals surface area contributed by atoms with E-state index in [1.807, 2.05) is 30.0 Å². The van der Waals surface area contributed by atoms with E-state index in [-0.39, 0.29) is 24.6 Å². The minimum atomic E-state index is -0.266. The van der Waals surface area contributed by atoms with Crippen LogP contribution in [-0.2, 0) is 9.53 Å². The van der Waals surface area contributed by atoms with E-state index in [0.717, 1.165) is 5.69 Å². The first-order chi connectivity index (χ1) is 13.7. The van der Waals surface area contributed by atoms with Crippen molar-refractivity contribution in [3.63, 3.8) is 0 Å². The van der Waals surface area contributed by atoms with Gasteiger partial charge in [-0.1, -0.05) is 18.9 Å². The molecule has 1 saturated carbocycles. The number of carbonyl (C=O) groups is 1. The molecule has 0 amide bonds. The predicted molar refractivity (Wildman–Crippen MR) is 111 cm³/mol. The summed E-state index contributed by atoms with van der Waals surface area (Å²) in [6.07, 6.45) is 8.86. The zero-order valence-electron chi connectivity index (χ0n) is 16.1. The molecule has 6 nitrogen and oxygen atoms in total. The van der Waals surface area contributed by atoms with Crippen LogP contribution in [0.5, 0.6) is 0 Å². The zero-order chi connectivity index (χ0) is 19.5. The summed E-state index contributed by atoms with van der Waals surface area (Å²) in [5, 5.41) is 3.96. The second-order valence-electron chi connectivity index (χ2n) is 7.34. The highest BCUT2D eigenvalue weighted by Crippen LogP contribution is 2.41. The summed E-state index contributed by atoms with van der Waals surface area (Å²) in [7, 11) is 0. The first-order valence-corrected chi connectivity index (χ1v) is 10.4. The van der Waals surface area contributed by atoms with Crippen LogP contribution in [0.3, 0.4) is 0 Å². The molecule has 0 bridgehead atoms. The van der Waals surface area contributed by atoms with Gasteiger partial charge in [0.15, 0.2) is 5.11 Å². The van der Waals surface area contributed by atoms with Crippen LogP contribution in [0.4, 0.5) is 0 Å². The number of esters is 1. The lowest BCUT2D eigenvalue weighted by Crippen LogP contribution is -2.36. The van der Waals surface area contributed by atoms with Crippen LogP contribution < -0.4 is 5.32 Å². The minimum absolute atomic E-state index is 0.109. The summed E-state index contributed by atoms with van der Waals surface area (Å²) in [6.45, 7) is 2.31. The standard InChI is InChI=1S/C21H26N4O2S/c1-2-27-18(26)14-25-20(17-11-7-13-24(17)15-8-3-4-9-15)19(23-21(25)28)16-10-5-6-12-22-16/h5-7,10-13,15,19-20H,2-4,8-9,14H2,1H3,(H,23,28)/t19-,20-/m0/s1. The van der Waals surface area contributed by atoms with Gasteiger partial charge in [0.25, 0.3) is 0 Å². The van der Waals surface area contributed by atoms with Gasteiger partial charge in [-0.05, 0) is 56.2 Å². The predicted octanol–water partition coefficient (Wildman–Crippen LogP) is 3.53. The van der Waals surface area contributed by atoms with Crippen LogP contribution in [0.15, 0.2) is 42.7 Å². The van der Waals surface area contributed by atoms with E-state index in [0.29, 0.717) is 17.8 Å². The van der Waals surface area contributed by atoms with Gasteiger partial charge in [0.05, 0.1) is 24.4 Å².